The lowest BCUT2D eigenvalue weighted by Crippen LogP contribution is -2.09. The molecule has 128 valence electrons. The van der Waals surface area contributed by atoms with Crippen molar-refractivity contribution in [1.29, 1.82) is 0 Å². The maximum absolute atomic E-state index is 12.4. The van der Waals surface area contributed by atoms with Crippen LogP contribution in [0, 0.1) is 0 Å². The second-order valence-corrected chi connectivity index (χ2v) is 5.75. The van der Waals surface area contributed by atoms with Crippen molar-refractivity contribution in [3.05, 3.63) is 60.2 Å². The summed E-state index contributed by atoms with van der Waals surface area (Å²) in [6, 6.07) is 15.1. The van der Waals surface area contributed by atoms with Gasteiger partial charge in [0.25, 0.3) is 5.22 Å². The molecule has 8 heteroatoms. The van der Waals surface area contributed by atoms with Gasteiger partial charge in [-0.2, -0.15) is 8.78 Å². The Balaban J connectivity index is 1.66. The summed E-state index contributed by atoms with van der Waals surface area (Å²) in [5.74, 6) is -0.226. The number of hydrogen-bond acceptors (Lipinski definition) is 6. The number of thioether (sulfide) groups is 1. The average Bonchev–Trinajstić information content (AvgIpc) is 3.09. The molecule has 0 amide bonds. The minimum atomic E-state index is -2.99. The highest BCUT2D eigenvalue weighted by molar-refractivity contribution is 7.99. The van der Waals surface area contributed by atoms with Crippen molar-refractivity contribution in [2.75, 3.05) is 5.75 Å². The number of para-hydroxylation sites is 1. The van der Waals surface area contributed by atoms with Crippen molar-refractivity contribution in [1.82, 2.24) is 10.2 Å². The van der Waals surface area contributed by atoms with Crippen LogP contribution in [0.3, 0.4) is 0 Å². The molecule has 0 saturated heterocycles. The Bertz CT molecular complexity index is 856. The monoisotopic (exact) mass is 362 g/mol. The van der Waals surface area contributed by atoms with Crippen LogP contribution in [0.15, 0.2) is 64.2 Å². The van der Waals surface area contributed by atoms with Crippen molar-refractivity contribution < 1.29 is 22.7 Å². The summed E-state index contributed by atoms with van der Waals surface area (Å²) in [7, 11) is 0. The molecule has 0 radical (unpaired) electrons. The number of ketones is 1. The van der Waals surface area contributed by atoms with Gasteiger partial charge < -0.3 is 9.15 Å². The average molecular weight is 362 g/mol. The topological polar surface area (TPSA) is 65.2 Å². The maximum Gasteiger partial charge on any atom is 0.387 e. The standard InChI is InChI=1S/C17H12F2N2O3S/c18-16(19)23-14-9-5-4-8-12(14)13(22)10-25-17-21-20-15(24-17)11-6-2-1-3-7-11/h1-9,16H,10H2. The van der Waals surface area contributed by atoms with Crippen molar-refractivity contribution in [3.63, 3.8) is 0 Å². The number of benzene rings is 2. The molecular weight excluding hydrogens is 350 g/mol. The second-order valence-electron chi connectivity index (χ2n) is 4.83. The highest BCUT2D eigenvalue weighted by Crippen LogP contribution is 2.26. The number of nitrogens with zero attached hydrogens (tertiary/aromatic N) is 2. The normalized spacial score (nSPS) is 10.8. The Morgan fingerprint density at radius 3 is 2.56 bits per heavy atom. The van der Waals surface area contributed by atoms with Crippen LogP contribution in [0.4, 0.5) is 8.78 Å². The molecule has 25 heavy (non-hydrogen) atoms. The third-order valence-corrected chi connectivity index (χ3v) is 3.98. The van der Waals surface area contributed by atoms with Gasteiger partial charge in [-0.05, 0) is 24.3 Å². The Labute approximate surface area is 146 Å². The van der Waals surface area contributed by atoms with Crippen molar-refractivity contribution in [2.24, 2.45) is 0 Å². The van der Waals surface area contributed by atoms with E-state index in [9.17, 15) is 13.6 Å². The molecule has 0 aliphatic carbocycles. The minimum absolute atomic E-state index is 0.0416. The molecule has 0 fully saturated rings. The molecule has 3 rings (SSSR count). The van der Waals surface area contributed by atoms with E-state index in [4.69, 9.17) is 4.42 Å². The number of carbonyl (C=O) groups is 1. The number of alkyl halides is 2. The molecule has 1 heterocycles. The molecule has 0 aliphatic heterocycles. The Morgan fingerprint density at radius 1 is 1.08 bits per heavy atom. The summed E-state index contributed by atoms with van der Waals surface area (Å²) in [5, 5.41) is 8.01. The highest BCUT2D eigenvalue weighted by Gasteiger charge is 2.17. The summed E-state index contributed by atoms with van der Waals surface area (Å²) in [6.07, 6.45) is 0. The van der Waals surface area contributed by atoms with E-state index in [1.165, 1.54) is 18.2 Å². The molecule has 0 N–H and O–H groups in total. The molecule has 0 unspecified atom stereocenters. The predicted molar refractivity (Wildman–Crippen MR) is 87.9 cm³/mol. The van der Waals surface area contributed by atoms with Gasteiger partial charge in [-0.1, -0.05) is 42.1 Å². The Kier molecular flexibility index (Phi) is 5.39. The van der Waals surface area contributed by atoms with E-state index in [0.717, 1.165) is 17.3 Å². The number of ether oxygens (including phenoxy) is 1. The first-order valence-corrected chi connectivity index (χ1v) is 8.21. The Morgan fingerprint density at radius 2 is 1.80 bits per heavy atom. The highest BCUT2D eigenvalue weighted by atomic mass is 32.2. The van der Waals surface area contributed by atoms with Gasteiger partial charge in [0.15, 0.2) is 5.78 Å². The summed E-state index contributed by atoms with van der Waals surface area (Å²) in [6.45, 7) is -2.99. The van der Waals surface area contributed by atoms with Gasteiger partial charge in [0.05, 0.1) is 11.3 Å². The lowest BCUT2D eigenvalue weighted by atomic mass is 10.1. The van der Waals surface area contributed by atoms with E-state index >= 15 is 0 Å². The Hall–Kier alpha value is -2.74. The molecule has 0 bridgehead atoms. The third-order valence-electron chi connectivity index (χ3n) is 3.16. The van der Waals surface area contributed by atoms with Gasteiger partial charge in [0, 0.05) is 5.56 Å². The zero-order chi connectivity index (χ0) is 17.6. The first kappa shape index (κ1) is 17.1. The van der Waals surface area contributed by atoms with Crippen LogP contribution in [0.5, 0.6) is 5.75 Å². The van der Waals surface area contributed by atoms with Crippen molar-refractivity contribution in [3.8, 4) is 17.2 Å². The molecule has 0 spiro atoms. The van der Waals surface area contributed by atoms with Crippen LogP contribution in [0.1, 0.15) is 10.4 Å². The smallest absolute Gasteiger partial charge is 0.387 e. The fourth-order valence-corrected chi connectivity index (χ4v) is 2.71. The molecule has 0 atom stereocenters. The fraction of sp³-hybridized carbons (Fsp3) is 0.118. The first-order chi connectivity index (χ1) is 12.1. The number of carbonyl (C=O) groups excluding carboxylic acids is 1. The minimum Gasteiger partial charge on any atom is -0.434 e. The van der Waals surface area contributed by atoms with Crippen LogP contribution < -0.4 is 4.74 Å². The molecule has 1 aromatic heterocycles. The van der Waals surface area contributed by atoms with Crippen LogP contribution in [-0.2, 0) is 0 Å². The predicted octanol–water partition coefficient (Wildman–Crippen LogP) is 4.31. The van der Waals surface area contributed by atoms with Crippen LogP contribution in [0.25, 0.3) is 11.5 Å². The van der Waals surface area contributed by atoms with Gasteiger partial charge >= 0.3 is 6.61 Å². The number of halogens is 2. The molecular formula is C17H12F2N2O3S. The number of aromatic nitrogens is 2. The molecule has 5 nitrogen and oxygen atoms in total. The zero-order valence-corrected chi connectivity index (χ0v) is 13.6. The van der Waals surface area contributed by atoms with Gasteiger partial charge in [-0.25, -0.2) is 0 Å². The van der Waals surface area contributed by atoms with E-state index in [1.807, 2.05) is 30.3 Å². The third kappa shape index (κ3) is 4.42. The van der Waals surface area contributed by atoms with E-state index in [2.05, 4.69) is 14.9 Å². The van der Waals surface area contributed by atoms with Crippen LogP contribution in [0.2, 0.25) is 0 Å². The quantitative estimate of drug-likeness (QED) is 0.461. The second kappa shape index (κ2) is 7.89. The van der Waals surface area contributed by atoms with E-state index < -0.39 is 6.61 Å². The van der Waals surface area contributed by atoms with Gasteiger partial charge in [-0.3, -0.25) is 4.79 Å². The SMILES string of the molecule is O=C(CSc1nnc(-c2ccccc2)o1)c1ccccc1OC(F)F. The largest absolute Gasteiger partial charge is 0.434 e. The molecule has 2 aromatic carbocycles. The van der Waals surface area contributed by atoms with Gasteiger partial charge in [0.2, 0.25) is 5.89 Å². The summed E-state index contributed by atoms with van der Waals surface area (Å²) in [4.78, 5) is 12.3. The van der Waals surface area contributed by atoms with E-state index in [0.29, 0.717) is 5.89 Å². The number of hydrogen-bond donors (Lipinski definition) is 0. The fourth-order valence-electron chi connectivity index (χ4n) is 2.07. The van der Waals surface area contributed by atoms with Gasteiger partial charge in [0.1, 0.15) is 5.75 Å². The van der Waals surface area contributed by atoms with Crippen LogP contribution >= 0.6 is 11.8 Å². The van der Waals surface area contributed by atoms with E-state index in [1.54, 1.807) is 6.07 Å². The van der Waals surface area contributed by atoms with Crippen molar-refractivity contribution >= 4 is 17.5 Å². The number of rotatable bonds is 7. The summed E-state index contributed by atoms with van der Waals surface area (Å²) >= 11 is 1.03. The summed E-state index contributed by atoms with van der Waals surface area (Å²) < 4.78 is 34.7. The van der Waals surface area contributed by atoms with Crippen LogP contribution in [-0.4, -0.2) is 28.3 Å². The lowest BCUT2D eigenvalue weighted by Gasteiger charge is -2.08. The lowest BCUT2D eigenvalue weighted by molar-refractivity contribution is -0.0501. The molecule has 0 aliphatic rings. The summed E-state index contributed by atoms with van der Waals surface area (Å²) in [5.41, 5.74) is 0.849. The zero-order valence-electron chi connectivity index (χ0n) is 12.8. The van der Waals surface area contributed by atoms with Gasteiger partial charge in [-0.15, -0.1) is 10.2 Å². The maximum atomic E-state index is 12.4. The molecule has 3 aromatic rings. The first-order valence-electron chi connectivity index (χ1n) is 7.22. The molecule has 0 saturated carbocycles. The van der Waals surface area contributed by atoms with E-state index in [-0.39, 0.29) is 28.1 Å². The van der Waals surface area contributed by atoms with Crippen molar-refractivity contribution in [2.45, 2.75) is 11.8 Å². The number of Topliss-reactive ketones (excluding diaryl/α,β-unsaturated/α-hetero) is 1.